The standard InChI is InChI=1S/C14H10Br2N2O4/c15-10-6-11(16)13(12(7-10)18(20)21)17-14(19)22-8-9-4-2-1-3-5-9/h1-7H,8H2,(H,17,19). The van der Waals surface area contributed by atoms with Crippen LogP contribution >= 0.6 is 31.9 Å². The molecule has 0 aliphatic carbocycles. The van der Waals surface area contributed by atoms with Gasteiger partial charge in [-0.15, -0.1) is 0 Å². The number of carbonyl (C=O) groups excluding carboxylic acids is 1. The van der Waals surface area contributed by atoms with Crippen LogP contribution in [0.15, 0.2) is 51.4 Å². The molecule has 1 amide bonds. The first-order chi connectivity index (χ1) is 10.5. The summed E-state index contributed by atoms with van der Waals surface area (Å²) in [6, 6.07) is 12.0. The zero-order valence-electron chi connectivity index (χ0n) is 11.1. The Morgan fingerprint density at radius 1 is 1.23 bits per heavy atom. The quantitative estimate of drug-likeness (QED) is 0.555. The highest BCUT2D eigenvalue weighted by Gasteiger charge is 2.20. The molecule has 2 aromatic carbocycles. The predicted octanol–water partition coefficient (Wildman–Crippen LogP) is 4.87. The lowest BCUT2D eigenvalue weighted by molar-refractivity contribution is -0.384. The second kappa shape index (κ2) is 7.37. The van der Waals surface area contributed by atoms with E-state index in [1.165, 1.54) is 6.07 Å². The van der Waals surface area contributed by atoms with Gasteiger partial charge in [-0.2, -0.15) is 0 Å². The van der Waals surface area contributed by atoms with Crippen molar-refractivity contribution < 1.29 is 14.5 Å². The van der Waals surface area contributed by atoms with Gasteiger partial charge in [-0.05, 0) is 27.6 Å². The largest absolute Gasteiger partial charge is 0.444 e. The van der Waals surface area contributed by atoms with Gasteiger partial charge in [-0.1, -0.05) is 46.3 Å². The van der Waals surface area contributed by atoms with Crippen LogP contribution in [-0.4, -0.2) is 11.0 Å². The number of nitrogens with zero attached hydrogens (tertiary/aromatic N) is 1. The van der Waals surface area contributed by atoms with E-state index in [1.54, 1.807) is 6.07 Å². The molecule has 0 heterocycles. The first kappa shape index (κ1) is 16.4. The van der Waals surface area contributed by atoms with Crippen molar-refractivity contribution in [1.82, 2.24) is 0 Å². The van der Waals surface area contributed by atoms with Crippen molar-refractivity contribution in [2.45, 2.75) is 6.61 Å². The zero-order chi connectivity index (χ0) is 16.1. The maximum absolute atomic E-state index is 11.8. The normalized spacial score (nSPS) is 10.1. The lowest BCUT2D eigenvalue weighted by Crippen LogP contribution is -2.15. The molecule has 114 valence electrons. The minimum atomic E-state index is -0.769. The lowest BCUT2D eigenvalue weighted by Gasteiger charge is -2.09. The summed E-state index contributed by atoms with van der Waals surface area (Å²) in [5, 5.41) is 13.4. The van der Waals surface area contributed by atoms with Crippen LogP contribution in [0.2, 0.25) is 0 Å². The molecular formula is C14H10Br2N2O4. The molecule has 0 aliphatic heterocycles. The van der Waals surface area contributed by atoms with Gasteiger partial charge >= 0.3 is 6.09 Å². The van der Waals surface area contributed by atoms with Gasteiger partial charge in [0, 0.05) is 15.0 Å². The summed E-state index contributed by atoms with van der Waals surface area (Å²) < 4.78 is 5.95. The SMILES string of the molecule is O=C(Nc1c(Br)cc(Br)cc1[N+](=O)[O-])OCc1ccccc1. The van der Waals surface area contributed by atoms with E-state index in [9.17, 15) is 14.9 Å². The Morgan fingerprint density at radius 2 is 1.91 bits per heavy atom. The Morgan fingerprint density at radius 3 is 2.55 bits per heavy atom. The Bertz CT molecular complexity index is 707. The minimum absolute atomic E-state index is 0.0475. The third-order valence-corrected chi connectivity index (χ3v) is 3.75. The predicted molar refractivity (Wildman–Crippen MR) is 88.7 cm³/mol. The van der Waals surface area contributed by atoms with E-state index in [2.05, 4.69) is 37.2 Å². The van der Waals surface area contributed by atoms with Crippen molar-refractivity contribution in [3.05, 3.63) is 67.1 Å². The molecule has 0 saturated carbocycles. The summed E-state index contributed by atoms with van der Waals surface area (Å²) in [5.41, 5.74) is 0.631. The van der Waals surface area contributed by atoms with Crippen LogP contribution in [0.25, 0.3) is 0 Å². The maximum atomic E-state index is 11.8. The van der Waals surface area contributed by atoms with Crippen LogP contribution < -0.4 is 5.32 Å². The average molecular weight is 430 g/mol. The third-order valence-electron chi connectivity index (χ3n) is 2.67. The Balaban J connectivity index is 2.10. The van der Waals surface area contributed by atoms with E-state index < -0.39 is 11.0 Å². The molecule has 0 aliphatic rings. The van der Waals surface area contributed by atoms with Gasteiger partial charge in [0.25, 0.3) is 5.69 Å². The smallest absolute Gasteiger partial charge is 0.412 e. The van der Waals surface area contributed by atoms with Gasteiger partial charge in [0.1, 0.15) is 12.3 Å². The number of benzene rings is 2. The fraction of sp³-hybridized carbons (Fsp3) is 0.0714. The number of nitro groups is 1. The van der Waals surface area contributed by atoms with E-state index in [-0.39, 0.29) is 18.0 Å². The molecule has 0 saturated heterocycles. The van der Waals surface area contributed by atoms with Gasteiger partial charge < -0.3 is 4.74 Å². The number of amides is 1. The monoisotopic (exact) mass is 428 g/mol. The molecule has 0 fully saturated rings. The second-order valence-corrected chi connectivity index (χ2v) is 6.00. The zero-order valence-corrected chi connectivity index (χ0v) is 14.3. The molecule has 0 atom stereocenters. The van der Waals surface area contributed by atoms with E-state index in [0.717, 1.165) is 5.56 Å². The van der Waals surface area contributed by atoms with Crippen molar-refractivity contribution >= 4 is 49.3 Å². The highest BCUT2D eigenvalue weighted by atomic mass is 79.9. The molecule has 0 unspecified atom stereocenters. The number of ether oxygens (including phenoxy) is 1. The van der Waals surface area contributed by atoms with Crippen LogP contribution in [0.4, 0.5) is 16.2 Å². The molecule has 0 spiro atoms. The topological polar surface area (TPSA) is 81.5 Å². The molecule has 1 N–H and O–H groups in total. The number of nitro benzene ring substituents is 1. The molecule has 2 rings (SSSR count). The molecule has 0 aromatic heterocycles. The fourth-order valence-electron chi connectivity index (χ4n) is 1.69. The van der Waals surface area contributed by atoms with Crippen LogP contribution in [0.5, 0.6) is 0 Å². The number of halogens is 2. The number of hydrogen-bond acceptors (Lipinski definition) is 4. The third kappa shape index (κ3) is 4.28. The molecule has 0 bridgehead atoms. The van der Waals surface area contributed by atoms with Crippen LogP contribution in [-0.2, 0) is 11.3 Å². The number of rotatable bonds is 4. The van der Waals surface area contributed by atoms with Crippen molar-refractivity contribution in [3.8, 4) is 0 Å². The summed E-state index contributed by atoms with van der Waals surface area (Å²) in [6.45, 7) is 0.0780. The van der Waals surface area contributed by atoms with Gasteiger partial charge in [0.2, 0.25) is 0 Å². The first-order valence-corrected chi connectivity index (χ1v) is 7.67. The number of carbonyl (C=O) groups is 1. The maximum Gasteiger partial charge on any atom is 0.412 e. The second-order valence-electron chi connectivity index (χ2n) is 4.23. The van der Waals surface area contributed by atoms with Gasteiger partial charge in [0.15, 0.2) is 0 Å². The minimum Gasteiger partial charge on any atom is -0.444 e. The van der Waals surface area contributed by atoms with Crippen LogP contribution in [0.3, 0.4) is 0 Å². The first-order valence-electron chi connectivity index (χ1n) is 6.08. The highest BCUT2D eigenvalue weighted by Crippen LogP contribution is 2.35. The molecule has 0 radical (unpaired) electrons. The van der Waals surface area contributed by atoms with Gasteiger partial charge in [0.05, 0.1) is 4.92 Å². The number of hydrogen-bond donors (Lipinski definition) is 1. The van der Waals surface area contributed by atoms with Gasteiger partial charge in [-0.25, -0.2) is 4.79 Å². The van der Waals surface area contributed by atoms with Gasteiger partial charge in [-0.3, -0.25) is 15.4 Å². The molecule has 2 aromatic rings. The fourth-order valence-corrected chi connectivity index (χ4v) is 2.99. The summed E-state index contributed by atoms with van der Waals surface area (Å²) in [5.74, 6) is 0. The van der Waals surface area contributed by atoms with E-state index in [4.69, 9.17) is 4.74 Å². The summed E-state index contributed by atoms with van der Waals surface area (Å²) in [4.78, 5) is 22.3. The van der Waals surface area contributed by atoms with Crippen molar-refractivity contribution in [3.63, 3.8) is 0 Å². The van der Waals surface area contributed by atoms with E-state index in [0.29, 0.717) is 8.95 Å². The number of anilines is 1. The Labute approximate surface area is 142 Å². The number of nitrogens with one attached hydrogen (secondary N) is 1. The summed E-state index contributed by atoms with van der Waals surface area (Å²) in [7, 11) is 0. The van der Waals surface area contributed by atoms with Crippen molar-refractivity contribution in [2.24, 2.45) is 0 Å². The Kier molecular flexibility index (Phi) is 5.51. The van der Waals surface area contributed by atoms with E-state index >= 15 is 0 Å². The lowest BCUT2D eigenvalue weighted by atomic mass is 10.2. The molecule has 22 heavy (non-hydrogen) atoms. The van der Waals surface area contributed by atoms with Crippen molar-refractivity contribution in [2.75, 3.05) is 5.32 Å². The molecule has 6 nitrogen and oxygen atoms in total. The van der Waals surface area contributed by atoms with Crippen LogP contribution in [0, 0.1) is 10.1 Å². The van der Waals surface area contributed by atoms with Crippen molar-refractivity contribution in [1.29, 1.82) is 0 Å². The van der Waals surface area contributed by atoms with Crippen LogP contribution in [0.1, 0.15) is 5.56 Å². The van der Waals surface area contributed by atoms with E-state index in [1.807, 2.05) is 30.3 Å². The molecule has 8 heteroatoms. The Hall–Kier alpha value is -1.93. The highest BCUT2D eigenvalue weighted by molar-refractivity contribution is 9.11. The summed E-state index contributed by atoms with van der Waals surface area (Å²) in [6.07, 6.45) is -0.769. The average Bonchev–Trinajstić information content (AvgIpc) is 2.48. The molecular weight excluding hydrogens is 420 g/mol. The summed E-state index contributed by atoms with van der Waals surface area (Å²) >= 11 is 6.35.